The van der Waals surface area contributed by atoms with E-state index in [9.17, 15) is 9.59 Å². The van der Waals surface area contributed by atoms with E-state index in [0.717, 1.165) is 12.8 Å². The number of rotatable bonds is 8. The first-order valence-corrected chi connectivity index (χ1v) is 7.88. The van der Waals surface area contributed by atoms with Crippen LogP contribution in [0.4, 0.5) is 0 Å². The number of hydrogen-bond acceptors (Lipinski definition) is 3. The number of carbonyl (C=O) groups excluding carboxylic acids is 1. The molecule has 0 aliphatic heterocycles. The van der Waals surface area contributed by atoms with Gasteiger partial charge in [0.15, 0.2) is 6.61 Å². The lowest BCUT2D eigenvalue weighted by molar-refractivity contribution is -0.139. The highest BCUT2D eigenvalue weighted by Gasteiger charge is 2.13. The lowest BCUT2D eigenvalue weighted by Crippen LogP contribution is -2.36. The fraction of sp³-hybridized carbons (Fsp3) is 0.263. The number of carboxylic acids is 1. The van der Waals surface area contributed by atoms with Crippen molar-refractivity contribution in [3.05, 3.63) is 65.7 Å². The van der Waals surface area contributed by atoms with Gasteiger partial charge < -0.3 is 15.2 Å². The molecule has 0 saturated carbocycles. The van der Waals surface area contributed by atoms with Gasteiger partial charge in [-0.25, -0.2) is 4.79 Å². The molecule has 0 aliphatic rings. The summed E-state index contributed by atoms with van der Waals surface area (Å²) < 4.78 is 5.11. The van der Waals surface area contributed by atoms with Gasteiger partial charge in [0, 0.05) is 11.6 Å². The maximum absolute atomic E-state index is 12.4. The molecule has 0 bridgehead atoms. The van der Waals surface area contributed by atoms with Gasteiger partial charge in [0.25, 0.3) is 5.91 Å². The molecule has 1 unspecified atom stereocenters. The summed E-state index contributed by atoms with van der Waals surface area (Å²) in [6.45, 7) is 1.59. The Kier molecular flexibility index (Phi) is 6.37. The van der Waals surface area contributed by atoms with Crippen LogP contribution in [0.5, 0.6) is 5.75 Å². The van der Waals surface area contributed by atoms with Crippen LogP contribution in [-0.2, 0) is 11.2 Å². The number of amides is 1. The molecule has 1 atom stereocenters. The summed E-state index contributed by atoms with van der Waals surface area (Å²) in [7, 11) is 0. The van der Waals surface area contributed by atoms with Crippen molar-refractivity contribution >= 4 is 11.9 Å². The van der Waals surface area contributed by atoms with Gasteiger partial charge in [-0.3, -0.25) is 4.79 Å². The molecular formula is C19H21NO4. The Morgan fingerprint density at radius 1 is 1.12 bits per heavy atom. The highest BCUT2D eigenvalue weighted by molar-refractivity contribution is 5.94. The van der Waals surface area contributed by atoms with Crippen molar-refractivity contribution in [3.8, 4) is 5.75 Å². The monoisotopic (exact) mass is 327 g/mol. The van der Waals surface area contributed by atoms with Crippen molar-refractivity contribution in [3.63, 3.8) is 0 Å². The first kappa shape index (κ1) is 17.5. The van der Waals surface area contributed by atoms with Gasteiger partial charge >= 0.3 is 5.97 Å². The summed E-state index contributed by atoms with van der Waals surface area (Å²) >= 11 is 0. The molecule has 126 valence electrons. The predicted molar refractivity (Wildman–Crippen MR) is 91.3 cm³/mol. The van der Waals surface area contributed by atoms with Gasteiger partial charge in [-0.2, -0.15) is 0 Å². The molecule has 2 aromatic rings. The van der Waals surface area contributed by atoms with Gasteiger partial charge in [-0.1, -0.05) is 43.3 Å². The third-order valence-corrected chi connectivity index (χ3v) is 3.61. The molecule has 2 N–H and O–H groups in total. The number of aliphatic carboxylic acids is 1. The van der Waals surface area contributed by atoms with Crippen LogP contribution < -0.4 is 10.1 Å². The van der Waals surface area contributed by atoms with Crippen LogP contribution in [0.15, 0.2) is 54.6 Å². The number of carboxylic acid groups (broad SMARTS) is 1. The number of hydrogen-bond donors (Lipinski definition) is 2. The van der Waals surface area contributed by atoms with Gasteiger partial charge in [0.1, 0.15) is 5.75 Å². The zero-order valence-corrected chi connectivity index (χ0v) is 13.6. The smallest absolute Gasteiger partial charge is 0.341 e. The van der Waals surface area contributed by atoms with Crippen molar-refractivity contribution in [1.29, 1.82) is 0 Å². The fourth-order valence-corrected chi connectivity index (χ4v) is 2.34. The Labute approximate surface area is 141 Å². The van der Waals surface area contributed by atoms with E-state index in [1.165, 1.54) is 5.56 Å². The molecule has 2 aromatic carbocycles. The van der Waals surface area contributed by atoms with Crippen LogP contribution in [0.1, 0.15) is 29.3 Å². The summed E-state index contributed by atoms with van der Waals surface area (Å²) in [5.74, 6) is -0.890. The highest BCUT2D eigenvalue weighted by Crippen LogP contribution is 2.14. The summed E-state index contributed by atoms with van der Waals surface area (Å²) in [5, 5.41) is 11.7. The molecule has 5 heteroatoms. The highest BCUT2D eigenvalue weighted by atomic mass is 16.5. The maximum atomic E-state index is 12.4. The van der Waals surface area contributed by atoms with Crippen LogP contribution in [0.3, 0.4) is 0 Å². The lowest BCUT2D eigenvalue weighted by atomic mass is 10.0. The molecule has 0 radical (unpaired) electrons. The molecule has 0 heterocycles. The number of carbonyl (C=O) groups is 2. The van der Waals surface area contributed by atoms with E-state index in [0.29, 0.717) is 11.3 Å². The minimum absolute atomic E-state index is 0.0310. The molecular weight excluding hydrogens is 306 g/mol. The van der Waals surface area contributed by atoms with Crippen molar-refractivity contribution in [2.24, 2.45) is 0 Å². The first-order valence-electron chi connectivity index (χ1n) is 7.88. The zero-order valence-electron chi connectivity index (χ0n) is 13.6. The normalized spacial score (nSPS) is 11.5. The average Bonchev–Trinajstić information content (AvgIpc) is 2.60. The van der Waals surface area contributed by atoms with Crippen LogP contribution in [0.2, 0.25) is 0 Å². The minimum atomic E-state index is -1.06. The molecule has 0 fully saturated rings. The van der Waals surface area contributed by atoms with E-state index in [1.807, 2.05) is 37.3 Å². The fourth-order valence-electron chi connectivity index (χ4n) is 2.34. The van der Waals surface area contributed by atoms with E-state index in [4.69, 9.17) is 9.84 Å². The van der Waals surface area contributed by atoms with Gasteiger partial charge in [0.2, 0.25) is 0 Å². The van der Waals surface area contributed by atoms with E-state index in [2.05, 4.69) is 5.32 Å². The average molecular weight is 327 g/mol. The lowest BCUT2D eigenvalue weighted by Gasteiger charge is -2.17. The summed E-state index contributed by atoms with van der Waals surface area (Å²) in [5.41, 5.74) is 1.62. The molecule has 0 aromatic heterocycles. The van der Waals surface area contributed by atoms with Crippen LogP contribution in [0, 0.1) is 0 Å². The quantitative estimate of drug-likeness (QED) is 0.782. The number of benzene rings is 2. The Morgan fingerprint density at radius 2 is 1.88 bits per heavy atom. The zero-order chi connectivity index (χ0) is 17.4. The second-order valence-electron chi connectivity index (χ2n) is 5.48. The Bertz CT molecular complexity index is 685. The van der Waals surface area contributed by atoms with E-state index < -0.39 is 12.6 Å². The molecule has 5 nitrogen and oxygen atoms in total. The van der Waals surface area contributed by atoms with Crippen molar-refractivity contribution < 1.29 is 19.4 Å². The van der Waals surface area contributed by atoms with Crippen molar-refractivity contribution in [1.82, 2.24) is 5.32 Å². The third-order valence-electron chi connectivity index (χ3n) is 3.61. The summed E-state index contributed by atoms with van der Waals surface area (Å²) in [6, 6.07) is 16.6. The SMILES string of the molecule is CCC(Cc1ccccc1)NC(=O)c1cccc(OCC(=O)O)c1. The van der Waals surface area contributed by atoms with Crippen molar-refractivity contribution in [2.45, 2.75) is 25.8 Å². The summed E-state index contributed by atoms with van der Waals surface area (Å²) in [4.78, 5) is 23.0. The molecule has 0 spiro atoms. The minimum Gasteiger partial charge on any atom is -0.482 e. The molecule has 0 saturated heterocycles. The van der Waals surface area contributed by atoms with E-state index in [1.54, 1.807) is 24.3 Å². The standard InChI is InChI=1S/C19H21NO4/c1-2-16(11-14-7-4-3-5-8-14)20-19(23)15-9-6-10-17(12-15)24-13-18(21)22/h3-10,12,16H,2,11,13H2,1H3,(H,20,23)(H,21,22). The molecule has 24 heavy (non-hydrogen) atoms. The molecule has 0 aliphatic carbocycles. The van der Waals surface area contributed by atoms with Gasteiger partial charge in [-0.05, 0) is 36.6 Å². The Morgan fingerprint density at radius 3 is 2.54 bits per heavy atom. The second kappa shape index (κ2) is 8.72. The van der Waals surface area contributed by atoms with E-state index in [-0.39, 0.29) is 11.9 Å². The number of nitrogens with one attached hydrogen (secondary N) is 1. The maximum Gasteiger partial charge on any atom is 0.341 e. The van der Waals surface area contributed by atoms with Gasteiger partial charge in [0.05, 0.1) is 0 Å². The molecule has 1 amide bonds. The van der Waals surface area contributed by atoms with Gasteiger partial charge in [-0.15, -0.1) is 0 Å². The third kappa shape index (κ3) is 5.43. The predicted octanol–water partition coefficient (Wildman–Crippen LogP) is 2.90. The number of ether oxygens (including phenoxy) is 1. The Hall–Kier alpha value is -2.82. The van der Waals surface area contributed by atoms with Crippen LogP contribution in [0.25, 0.3) is 0 Å². The van der Waals surface area contributed by atoms with Crippen LogP contribution in [-0.4, -0.2) is 29.6 Å². The van der Waals surface area contributed by atoms with Crippen LogP contribution >= 0.6 is 0 Å². The molecule has 2 rings (SSSR count). The van der Waals surface area contributed by atoms with E-state index >= 15 is 0 Å². The van der Waals surface area contributed by atoms with Crippen molar-refractivity contribution in [2.75, 3.05) is 6.61 Å². The topological polar surface area (TPSA) is 75.6 Å². The Balaban J connectivity index is 1.99. The summed E-state index contributed by atoms with van der Waals surface area (Å²) in [6.07, 6.45) is 1.58. The second-order valence-corrected chi connectivity index (χ2v) is 5.48. The largest absolute Gasteiger partial charge is 0.482 e. The first-order chi connectivity index (χ1) is 11.6.